The molecule has 0 radical (unpaired) electrons. The molecule has 9 aromatic carbocycles. The summed E-state index contributed by atoms with van der Waals surface area (Å²) in [7, 11) is 0. The van der Waals surface area contributed by atoms with Crippen LogP contribution in [-0.2, 0) is 0 Å². The van der Waals surface area contributed by atoms with Gasteiger partial charge in [0.1, 0.15) is 0 Å². The van der Waals surface area contributed by atoms with Gasteiger partial charge in [-0.2, -0.15) is 0 Å². The van der Waals surface area contributed by atoms with Crippen molar-refractivity contribution in [3.8, 4) is 33.4 Å². The molecule has 5 aromatic heterocycles. The molecule has 0 aliphatic carbocycles. The van der Waals surface area contributed by atoms with Crippen molar-refractivity contribution in [1.82, 2.24) is 8.80 Å². The Kier molecular flexibility index (Phi) is 5.03. The van der Waals surface area contributed by atoms with E-state index < -0.39 is 0 Å². The SMILES string of the molecule is O=c1c2cccc3c(=O)c4c(-c5ccccc5)c5cccc6c7cc(-c8ccccc8)cc8c9cccc%10c(-c%11ccccc%11)c1c1c(c%109)n(c87)c(c56)c4n1c23. The van der Waals surface area contributed by atoms with Gasteiger partial charge in [-0.05, 0) is 68.1 Å². The zero-order valence-corrected chi connectivity index (χ0v) is 29.7. The summed E-state index contributed by atoms with van der Waals surface area (Å²) in [6.07, 6.45) is 0. The summed E-state index contributed by atoms with van der Waals surface area (Å²) in [5, 5.41) is 11.4. The van der Waals surface area contributed by atoms with Crippen molar-refractivity contribution >= 4 is 97.7 Å². The zero-order chi connectivity index (χ0) is 36.6. The average molecular weight is 711 g/mol. The number of hydrogen-bond acceptors (Lipinski definition) is 2. The summed E-state index contributed by atoms with van der Waals surface area (Å²) < 4.78 is 4.76. The molecule has 56 heavy (non-hydrogen) atoms. The highest BCUT2D eigenvalue weighted by Gasteiger charge is 2.33. The second kappa shape index (κ2) is 9.75. The van der Waals surface area contributed by atoms with Crippen LogP contribution in [0.3, 0.4) is 0 Å². The number of rotatable bonds is 3. The molecule has 0 aliphatic heterocycles. The minimum absolute atomic E-state index is 0.0533. The van der Waals surface area contributed by atoms with Crippen molar-refractivity contribution in [2.24, 2.45) is 0 Å². The van der Waals surface area contributed by atoms with E-state index in [4.69, 9.17) is 0 Å². The number of hydrogen-bond donors (Lipinski definition) is 0. The Hall–Kier alpha value is -7.56. The summed E-state index contributed by atoms with van der Waals surface area (Å²) in [5.74, 6) is 0. The highest BCUT2D eigenvalue weighted by molar-refractivity contribution is 6.40. The van der Waals surface area contributed by atoms with E-state index >= 15 is 9.59 Å². The summed E-state index contributed by atoms with van der Waals surface area (Å²) in [4.78, 5) is 30.8. The van der Waals surface area contributed by atoms with Crippen LogP contribution in [0.5, 0.6) is 0 Å². The van der Waals surface area contributed by atoms with Crippen molar-refractivity contribution < 1.29 is 0 Å². The first-order valence-corrected chi connectivity index (χ1v) is 19.1. The fourth-order valence-corrected chi connectivity index (χ4v) is 10.8. The molecule has 0 saturated carbocycles. The third-order valence-corrected chi connectivity index (χ3v) is 12.8. The number of benzene rings is 9. The fraction of sp³-hybridized carbons (Fsp3) is 0. The Balaban J connectivity index is 1.43. The Morgan fingerprint density at radius 3 is 1.07 bits per heavy atom. The Labute approximate surface area is 317 Å². The topological polar surface area (TPSA) is 43.0 Å². The van der Waals surface area contributed by atoms with Crippen LogP contribution in [0, 0.1) is 0 Å². The Morgan fingerprint density at radius 2 is 0.625 bits per heavy atom. The van der Waals surface area contributed by atoms with Gasteiger partial charge >= 0.3 is 0 Å². The molecule has 0 amide bonds. The molecular weight excluding hydrogens is 685 g/mol. The predicted octanol–water partition coefficient (Wildman–Crippen LogP) is 12.3. The standard InChI is InChI=1S/C52H26N2O2/c55-51-35-23-12-24-36-45(35)53-49-43(51)39(28-15-6-2-7-16-28)33-21-10-19-31-37-25-30(27-13-4-1-5-14-27)26-38-32-20-11-22-34-40(29-17-8-3-9-18-29)44(52(36)56)50(53)48(42(32)34)54(46(37)38)47(49)41(31)33/h1-26H. The summed E-state index contributed by atoms with van der Waals surface area (Å²) in [5.41, 5.74) is 11.5. The largest absolute Gasteiger partial charge is 0.304 e. The van der Waals surface area contributed by atoms with Crippen LogP contribution in [-0.4, -0.2) is 8.80 Å². The first-order valence-electron chi connectivity index (χ1n) is 19.1. The van der Waals surface area contributed by atoms with Gasteiger partial charge in [0.2, 0.25) is 0 Å². The molecule has 0 bridgehead atoms. The lowest BCUT2D eigenvalue weighted by molar-refractivity contribution is 1.24. The number of para-hydroxylation sites is 1. The van der Waals surface area contributed by atoms with Gasteiger partial charge in [-0.25, -0.2) is 0 Å². The summed E-state index contributed by atoms with van der Waals surface area (Å²) >= 11 is 0. The molecule has 0 aliphatic rings. The van der Waals surface area contributed by atoms with E-state index in [9.17, 15) is 0 Å². The first-order chi connectivity index (χ1) is 27.7. The van der Waals surface area contributed by atoms with Crippen LogP contribution in [0.25, 0.3) is 131 Å². The van der Waals surface area contributed by atoms with Gasteiger partial charge in [0, 0.05) is 43.4 Å². The van der Waals surface area contributed by atoms with Crippen LogP contribution in [0.15, 0.2) is 167 Å². The predicted molar refractivity (Wildman–Crippen MR) is 233 cm³/mol. The van der Waals surface area contributed by atoms with E-state index in [0.717, 1.165) is 104 Å². The van der Waals surface area contributed by atoms with Crippen LogP contribution in [0.1, 0.15) is 0 Å². The maximum absolute atomic E-state index is 15.4. The van der Waals surface area contributed by atoms with Crippen molar-refractivity contribution in [3.63, 3.8) is 0 Å². The number of nitrogens with zero attached hydrogens (tertiary/aromatic N) is 2. The van der Waals surface area contributed by atoms with Crippen LogP contribution in [0.4, 0.5) is 0 Å². The van der Waals surface area contributed by atoms with Crippen LogP contribution >= 0.6 is 0 Å². The van der Waals surface area contributed by atoms with Gasteiger partial charge in [0.15, 0.2) is 10.9 Å². The summed E-state index contributed by atoms with van der Waals surface area (Å²) in [6.45, 7) is 0. The number of fused-ring (bicyclic) bond motifs is 2. The molecule has 0 atom stereocenters. The highest BCUT2D eigenvalue weighted by atomic mass is 16.1. The molecule has 0 fully saturated rings. The van der Waals surface area contributed by atoms with Crippen molar-refractivity contribution in [2.75, 3.05) is 0 Å². The molecule has 14 aromatic rings. The normalized spacial score (nSPS) is 12.8. The van der Waals surface area contributed by atoms with Gasteiger partial charge in [-0.1, -0.05) is 133 Å². The van der Waals surface area contributed by atoms with Crippen molar-refractivity contribution in [2.45, 2.75) is 0 Å². The molecule has 256 valence electrons. The third-order valence-electron chi connectivity index (χ3n) is 12.8. The fourth-order valence-electron chi connectivity index (χ4n) is 10.8. The van der Waals surface area contributed by atoms with E-state index in [0.29, 0.717) is 27.1 Å². The van der Waals surface area contributed by atoms with Crippen molar-refractivity contribution in [3.05, 3.63) is 178 Å². The van der Waals surface area contributed by atoms with Gasteiger partial charge < -0.3 is 8.80 Å². The molecule has 14 rings (SSSR count). The molecule has 0 saturated heterocycles. The summed E-state index contributed by atoms with van der Waals surface area (Å²) in [6, 6.07) is 54.9. The minimum atomic E-state index is -0.0533. The number of pyridine rings is 4. The van der Waals surface area contributed by atoms with E-state index in [1.54, 1.807) is 0 Å². The molecule has 4 heteroatoms. The molecule has 4 nitrogen and oxygen atoms in total. The zero-order valence-electron chi connectivity index (χ0n) is 29.7. The quantitative estimate of drug-likeness (QED) is 0.135. The first kappa shape index (κ1) is 28.9. The lowest BCUT2D eigenvalue weighted by atomic mass is 9.84. The van der Waals surface area contributed by atoms with Gasteiger partial charge in [0.25, 0.3) is 0 Å². The maximum Gasteiger partial charge on any atom is 0.198 e. The van der Waals surface area contributed by atoms with Crippen molar-refractivity contribution in [1.29, 1.82) is 0 Å². The van der Waals surface area contributed by atoms with Crippen LogP contribution in [0.2, 0.25) is 0 Å². The number of aromatic nitrogens is 2. The molecule has 0 N–H and O–H groups in total. The minimum Gasteiger partial charge on any atom is -0.304 e. The van der Waals surface area contributed by atoms with Gasteiger partial charge in [0.05, 0.1) is 43.9 Å². The third kappa shape index (κ3) is 3.15. The van der Waals surface area contributed by atoms with Crippen LogP contribution < -0.4 is 10.9 Å². The molecule has 0 spiro atoms. The molecule has 5 heterocycles. The Bertz CT molecular complexity index is 3820. The van der Waals surface area contributed by atoms with E-state index in [2.05, 4.69) is 112 Å². The second-order valence-electron chi connectivity index (χ2n) is 15.4. The molecule has 0 unspecified atom stereocenters. The second-order valence-corrected chi connectivity index (χ2v) is 15.4. The maximum atomic E-state index is 15.4. The Morgan fingerprint density at radius 1 is 0.268 bits per heavy atom. The smallest absolute Gasteiger partial charge is 0.198 e. The van der Waals surface area contributed by atoms with E-state index in [1.807, 2.05) is 54.6 Å². The van der Waals surface area contributed by atoms with E-state index in [-0.39, 0.29) is 10.9 Å². The lowest BCUT2D eigenvalue weighted by Crippen LogP contribution is -2.19. The lowest BCUT2D eigenvalue weighted by Gasteiger charge is -2.30. The van der Waals surface area contributed by atoms with Gasteiger partial charge in [-0.3, -0.25) is 9.59 Å². The van der Waals surface area contributed by atoms with E-state index in [1.165, 1.54) is 0 Å². The highest BCUT2D eigenvalue weighted by Crippen LogP contribution is 2.53. The van der Waals surface area contributed by atoms with Gasteiger partial charge in [-0.15, -0.1) is 0 Å². The molecular formula is C52H26N2O2. The average Bonchev–Trinajstić information content (AvgIpc) is 3.26. The monoisotopic (exact) mass is 710 g/mol.